The quantitative estimate of drug-likeness (QED) is 0.926. The minimum Gasteiger partial charge on any atom is -0.321 e. The second-order valence-electron chi connectivity index (χ2n) is 4.56. The van der Waals surface area contributed by atoms with Crippen molar-refractivity contribution in [1.29, 1.82) is 0 Å². The minimum atomic E-state index is -4.29. The molecule has 1 atom stereocenters. The molecule has 0 bridgehead atoms. The highest BCUT2D eigenvalue weighted by molar-refractivity contribution is 5.76. The average molecular weight is 271 g/mol. The van der Waals surface area contributed by atoms with E-state index in [0.717, 1.165) is 6.42 Å². The van der Waals surface area contributed by atoms with Gasteiger partial charge >= 0.3 is 6.18 Å². The van der Waals surface area contributed by atoms with Gasteiger partial charge in [0.1, 0.15) is 12.4 Å². The second kappa shape index (κ2) is 5.21. The molecule has 0 amide bonds. The molecule has 2 N–H and O–H groups in total. The fourth-order valence-corrected chi connectivity index (χ4v) is 2.16. The van der Waals surface area contributed by atoms with Crippen molar-refractivity contribution in [2.45, 2.75) is 38.5 Å². The van der Waals surface area contributed by atoms with Crippen molar-refractivity contribution in [3.8, 4) is 0 Å². The Morgan fingerprint density at radius 2 is 2.00 bits per heavy atom. The molecule has 1 heterocycles. The van der Waals surface area contributed by atoms with Crippen LogP contribution in [0.4, 0.5) is 13.2 Å². The van der Waals surface area contributed by atoms with Crippen LogP contribution in [0.2, 0.25) is 0 Å². The number of imidazole rings is 1. The van der Waals surface area contributed by atoms with E-state index in [1.807, 2.05) is 6.92 Å². The SMILES string of the molecule is CCCC(N)c1nc2ccccc2n1CC(F)(F)F. The molecule has 0 aliphatic carbocycles. The van der Waals surface area contributed by atoms with Crippen LogP contribution < -0.4 is 5.73 Å². The van der Waals surface area contributed by atoms with Crippen LogP contribution in [-0.2, 0) is 6.54 Å². The molecule has 1 aromatic heterocycles. The summed E-state index contributed by atoms with van der Waals surface area (Å²) in [5.74, 6) is 0.306. The van der Waals surface area contributed by atoms with Gasteiger partial charge < -0.3 is 10.3 Å². The lowest BCUT2D eigenvalue weighted by atomic mass is 10.1. The van der Waals surface area contributed by atoms with E-state index in [2.05, 4.69) is 4.98 Å². The van der Waals surface area contributed by atoms with Crippen LogP contribution in [0.3, 0.4) is 0 Å². The molecule has 0 saturated heterocycles. The molecule has 6 heteroatoms. The maximum absolute atomic E-state index is 12.7. The summed E-state index contributed by atoms with van der Waals surface area (Å²) in [5.41, 5.74) is 6.96. The molecule has 0 fully saturated rings. The van der Waals surface area contributed by atoms with Gasteiger partial charge in [0, 0.05) is 0 Å². The van der Waals surface area contributed by atoms with Crippen LogP contribution in [0.25, 0.3) is 11.0 Å². The fourth-order valence-electron chi connectivity index (χ4n) is 2.16. The summed E-state index contributed by atoms with van der Waals surface area (Å²) in [5, 5.41) is 0. The zero-order valence-electron chi connectivity index (χ0n) is 10.6. The number of rotatable bonds is 4. The molecule has 0 saturated carbocycles. The van der Waals surface area contributed by atoms with E-state index in [-0.39, 0.29) is 0 Å². The van der Waals surface area contributed by atoms with E-state index in [4.69, 9.17) is 5.73 Å². The van der Waals surface area contributed by atoms with E-state index >= 15 is 0 Å². The summed E-state index contributed by atoms with van der Waals surface area (Å²) in [7, 11) is 0. The maximum atomic E-state index is 12.7. The summed E-state index contributed by atoms with van der Waals surface area (Å²) in [6.45, 7) is 0.886. The first-order valence-electron chi connectivity index (χ1n) is 6.20. The van der Waals surface area contributed by atoms with Crippen molar-refractivity contribution >= 4 is 11.0 Å². The zero-order chi connectivity index (χ0) is 14.0. The summed E-state index contributed by atoms with van der Waals surface area (Å²) in [6.07, 6.45) is -2.87. The summed E-state index contributed by atoms with van der Waals surface area (Å²) < 4.78 is 39.2. The van der Waals surface area contributed by atoms with Crippen molar-refractivity contribution in [2.75, 3.05) is 0 Å². The van der Waals surface area contributed by atoms with Crippen molar-refractivity contribution in [3.05, 3.63) is 30.1 Å². The van der Waals surface area contributed by atoms with Gasteiger partial charge in [0.15, 0.2) is 0 Å². The van der Waals surface area contributed by atoms with Crippen LogP contribution in [0.5, 0.6) is 0 Å². The van der Waals surface area contributed by atoms with E-state index in [0.29, 0.717) is 23.3 Å². The van der Waals surface area contributed by atoms with Crippen LogP contribution in [0.15, 0.2) is 24.3 Å². The molecule has 0 aliphatic rings. The second-order valence-corrected chi connectivity index (χ2v) is 4.56. The van der Waals surface area contributed by atoms with Gasteiger partial charge in [-0.3, -0.25) is 0 Å². The molecule has 1 aromatic carbocycles. The normalized spacial score (nSPS) is 13.9. The highest BCUT2D eigenvalue weighted by atomic mass is 19.4. The van der Waals surface area contributed by atoms with Gasteiger partial charge in [-0.15, -0.1) is 0 Å². The maximum Gasteiger partial charge on any atom is 0.406 e. The first kappa shape index (κ1) is 13.9. The molecule has 0 spiro atoms. The van der Waals surface area contributed by atoms with Crippen molar-refractivity contribution in [3.63, 3.8) is 0 Å². The molecular formula is C13H16F3N3. The van der Waals surface area contributed by atoms with Crippen LogP contribution in [0.1, 0.15) is 31.6 Å². The number of para-hydroxylation sites is 2. The highest BCUT2D eigenvalue weighted by Crippen LogP contribution is 2.26. The number of nitrogens with two attached hydrogens (primary N) is 1. The predicted octanol–water partition coefficient (Wildman–Crippen LogP) is 3.40. The van der Waals surface area contributed by atoms with Crippen molar-refractivity contribution < 1.29 is 13.2 Å². The number of hydrogen-bond donors (Lipinski definition) is 1. The van der Waals surface area contributed by atoms with Crippen molar-refractivity contribution in [2.24, 2.45) is 5.73 Å². The topological polar surface area (TPSA) is 43.8 Å². The lowest BCUT2D eigenvalue weighted by Crippen LogP contribution is -2.23. The third-order valence-corrected chi connectivity index (χ3v) is 2.95. The lowest BCUT2D eigenvalue weighted by molar-refractivity contribution is -0.140. The van der Waals surface area contributed by atoms with Gasteiger partial charge in [-0.1, -0.05) is 25.5 Å². The molecule has 2 aromatic rings. The van der Waals surface area contributed by atoms with Crippen LogP contribution in [-0.4, -0.2) is 15.7 Å². The Hall–Kier alpha value is -1.56. The Kier molecular flexibility index (Phi) is 3.80. The highest BCUT2D eigenvalue weighted by Gasteiger charge is 2.31. The molecule has 0 radical (unpaired) electrons. The monoisotopic (exact) mass is 271 g/mol. The number of alkyl halides is 3. The summed E-state index contributed by atoms with van der Waals surface area (Å²) in [6, 6.07) is 6.31. The molecule has 2 rings (SSSR count). The van der Waals surface area contributed by atoms with Crippen LogP contribution >= 0.6 is 0 Å². The van der Waals surface area contributed by atoms with E-state index < -0.39 is 18.8 Å². The van der Waals surface area contributed by atoms with Crippen LogP contribution in [0, 0.1) is 0 Å². The third kappa shape index (κ3) is 3.07. The zero-order valence-corrected chi connectivity index (χ0v) is 10.6. The number of hydrogen-bond acceptors (Lipinski definition) is 2. The van der Waals surface area contributed by atoms with Gasteiger partial charge in [0.2, 0.25) is 0 Å². The number of benzene rings is 1. The average Bonchev–Trinajstić information content (AvgIpc) is 2.67. The van der Waals surface area contributed by atoms with Crippen molar-refractivity contribution in [1.82, 2.24) is 9.55 Å². The number of halogens is 3. The van der Waals surface area contributed by atoms with E-state index in [9.17, 15) is 13.2 Å². The molecule has 19 heavy (non-hydrogen) atoms. The first-order chi connectivity index (χ1) is 8.92. The number of fused-ring (bicyclic) bond motifs is 1. The smallest absolute Gasteiger partial charge is 0.321 e. The van der Waals surface area contributed by atoms with E-state index in [1.165, 1.54) is 4.57 Å². The molecular weight excluding hydrogens is 255 g/mol. The molecule has 0 aliphatic heterocycles. The minimum absolute atomic E-state index is 0.306. The molecule has 1 unspecified atom stereocenters. The number of aromatic nitrogens is 2. The largest absolute Gasteiger partial charge is 0.406 e. The standard InChI is InChI=1S/C13H16F3N3/c1-2-5-9(17)12-18-10-6-3-4-7-11(10)19(12)8-13(14,15)16/h3-4,6-7,9H,2,5,8,17H2,1H3. The summed E-state index contributed by atoms with van der Waals surface area (Å²) >= 11 is 0. The predicted molar refractivity (Wildman–Crippen MR) is 67.6 cm³/mol. The van der Waals surface area contributed by atoms with Gasteiger partial charge in [-0.2, -0.15) is 13.2 Å². The summed E-state index contributed by atoms with van der Waals surface area (Å²) in [4.78, 5) is 4.25. The van der Waals surface area contributed by atoms with Gasteiger partial charge in [-0.05, 0) is 18.6 Å². The number of nitrogens with zero attached hydrogens (tertiary/aromatic N) is 2. The first-order valence-corrected chi connectivity index (χ1v) is 6.20. The Labute approximate surface area is 109 Å². The van der Waals surface area contributed by atoms with Gasteiger partial charge in [0.05, 0.1) is 17.1 Å². The Bertz CT molecular complexity index is 560. The Balaban J connectivity index is 2.52. The third-order valence-electron chi connectivity index (χ3n) is 2.95. The Morgan fingerprint density at radius 1 is 1.32 bits per heavy atom. The van der Waals surface area contributed by atoms with Gasteiger partial charge in [0.25, 0.3) is 0 Å². The Morgan fingerprint density at radius 3 is 2.63 bits per heavy atom. The fraction of sp³-hybridized carbons (Fsp3) is 0.462. The van der Waals surface area contributed by atoms with E-state index in [1.54, 1.807) is 24.3 Å². The molecule has 104 valence electrons. The lowest BCUT2D eigenvalue weighted by Gasteiger charge is -2.15. The molecule has 3 nitrogen and oxygen atoms in total. The van der Waals surface area contributed by atoms with Gasteiger partial charge in [-0.25, -0.2) is 4.98 Å².